The lowest BCUT2D eigenvalue weighted by molar-refractivity contribution is -0.142. The first-order valence-corrected chi connectivity index (χ1v) is 12.2. The molecule has 0 aliphatic heterocycles. The minimum absolute atomic E-state index is 0.0130. The second kappa shape index (κ2) is 13.7. The third-order valence-electron chi connectivity index (χ3n) is 5.62. The number of carbonyl (C=O) groups is 4. The van der Waals surface area contributed by atoms with Crippen molar-refractivity contribution in [2.24, 2.45) is 5.73 Å². The van der Waals surface area contributed by atoms with Gasteiger partial charge in [-0.2, -0.15) is 0 Å². The number of carbonyl (C=O) groups excluding carboxylic acids is 4. The van der Waals surface area contributed by atoms with Crippen LogP contribution in [0, 0.1) is 13.8 Å². The van der Waals surface area contributed by atoms with Crippen molar-refractivity contribution in [1.82, 2.24) is 15.5 Å². The van der Waals surface area contributed by atoms with Crippen LogP contribution in [0.4, 0.5) is 4.79 Å². The Bertz CT molecular complexity index is 894. The van der Waals surface area contributed by atoms with E-state index < -0.39 is 35.6 Å². The molecular weight excluding hydrogens is 448 g/mol. The Morgan fingerprint density at radius 2 is 1.77 bits per heavy atom. The number of nitrogens with two attached hydrogens (primary N) is 1. The van der Waals surface area contributed by atoms with Crippen LogP contribution < -0.4 is 16.4 Å². The number of nitrogens with one attached hydrogen (secondary N) is 2. The van der Waals surface area contributed by atoms with E-state index in [1.54, 1.807) is 27.7 Å². The number of primary amides is 1. The molecular formula is C26H42N4O5. The van der Waals surface area contributed by atoms with Gasteiger partial charge in [-0.25, -0.2) is 4.79 Å². The van der Waals surface area contributed by atoms with E-state index in [1.165, 1.54) is 4.90 Å². The summed E-state index contributed by atoms with van der Waals surface area (Å²) in [5, 5.41) is 5.52. The predicted octanol–water partition coefficient (Wildman–Crippen LogP) is 3.27. The SMILES string of the molecule is CCCCNC(=O)C(c1cccc(C)c1C)N(CC)C(=O)C(CCC(N)=O)NC(=O)OC(C)(C)C. The van der Waals surface area contributed by atoms with Crippen molar-refractivity contribution in [3.8, 4) is 0 Å². The van der Waals surface area contributed by atoms with E-state index in [9.17, 15) is 19.2 Å². The van der Waals surface area contributed by atoms with Gasteiger partial charge in [-0.1, -0.05) is 31.5 Å². The standard InChI is InChI=1S/C26H42N4O5/c1-8-10-16-28-23(32)22(19-13-11-12-17(3)18(19)4)30(9-2)24(33)20(14-15-21(27)31)29-25(34)35-26(5,6)7/h11-13,20,22H,8-10,14-16H2,1-7H3,(H2,27,31)(H,28,32)(H,29,34). The van der Waals surface area contributed by atoms with Crippen LogP contribution in [0.1, 0.15) is 83.0 Å². The Morgan fingerprint density at radius 1 is 1.11 bits per heavy atom. The summed E-state index contributed by atoms with van der Waals surface area (Å²) in [4.78, 5) is 52.5. The summed E-state index contributed by atoms with van der Waals surface area (Å²) in [5.41, 5.74) is 7.15. The molecule has 0 bridgehead atoms. The van der Waals surface area contributed by atoms with E-state index in [0.717, 1.165) is 24.0 Å². The highest BCUT2D eigenvalue weighted by Gasteiger charge is 2.36. The molecule has 1 rings (SSSR count). The van der Waals surface area contributed by atoms with E-state index in [-0.39, 0.29) is 25.3 Å². The van der Waals surface area contributed by atoms with Crippen LogP contribution in [0.5, 0.6) is 0 Å². The first kappa shape index (κ1) is 29.9. The van der Waals surface area contributed by atoms with Crippen LogP contribution in [0.2, 0.25) is 0 Å². The molecule has 2 atom stereocenters. The highest BCUT2D eigenvalue weighted by atomic mass is 16.6. The van der Waals surface area contributed by atoms with Crippen molar-refractivity contribution in [2.75, 3.05) is 13.1 Å². The van der Waals surface area contributed by atoms with Crippen molar-refractivity contribution >= 4 is 23.8 Å². The molecule has 0 aliphatic rings. The van der Waals surface area contributed by atoms with Crippen LogP contribution in [0.15, 0.2) is 18.2 Å². The lowest BCUT2D eigenvalue weighted by Crippen LogP contribution is -2.53. The van der Waals surface area contributed by atoms with E-state index in [0.29, 0.717) is 12.1 Å². The van der Waals surface area contributed by atoms with Gasteiger partial charge in [0.05, 0.1) is 0 Å². The average molecular weight is 491 g/mol. The number of amides is 4. The number of unbranched alkanes of at least 4 members (excludes halogenated alkanes) is 1. The number of alkyl carbamates (subject to hydrolysis) is 1. The molecule has 0 fully saturated rings. The first-order chi connectivity index (χ1) is 16.3. The largest absolute Gasteiger partial charge is 0.444 e. The maximum absolute atomic E-state index is 13.8. The highest BCUT2D eigenvalue weighted by Crippen LogP contribution is 2.27. The monoisotopic (exact) mass is 490 g/mol. The van der Waals surface area contributed by atoms with Gasteiger partial charge in [-0.3, -0.25) is 14.4 Å². The van der Waals surface area contributed by atoms with E-state index in [2.05, 4.69) is 10.6 Å². The molecule has 0 saturated carbocycles. The number of rotatable bonds is 12. The predicted molar refractivity (Wildman–Crippen MR) is 136 cm³/mol. The molecule has 0 heterocycles. The number of aryl methyl sites for hydroxylation is 1. The van der Waals surface area contributed by atoms with Gasteiger partial charge in [0, 0.05) is 19.5 Å². The molecule has 4 amide bonds. The molecule has 1 aromatic rings. The highest BCUT2D eigenvalue weighted by molar-refractivity contribution is 5.92. The lowest BCUT2D eigenvalue weighted by atomic mass is 9.94. The number of ether oxygens (including phenoxy) is 1. The fourth-order valence-electron chi connectivity index (χ4n) is 3.67. The molecule has 2 unspecified atom stereocenters. The molecule has 9 nitrogen and oxygen atoms in total. The molecule has 196 valence electrons. The molecule has 4 N–H and O–H groups in total. The third kappa shape index (κ3) is 9.58. The van der Waals surface area contributed by atoms with Crippen molar-refractivity contribution in [3.63, 3.8) is 0 Å². The minimum Gasteiger partial charge on any atom is -0.444 e. The Hall–Kier alpha value is -3.10. The first-order valence-electron chi connectivity index (χ1n) is 12.2. The molecule has 0 spiro atoms. The second-order valence-corrected chi connectivity index (χ2v) is 9.66. The zero-order valence-corrected chi connectivity index (χ0v) is 22.2. The van der Waals surface area contributed by atoms with Gasteiger partial charge in [-0.05, 0) is 71.1 Å². The van der Waals surface area contributed by atoms with Crippen LogP contribution in [-0.4, -0.2) is 53.4 Å². The maximum atomic E-state index is 13.8. The fourth-order valence-corrected chi connectivity index (χ4v) is 3.67. The zero-order valence-electron chi connectivity index (χ0n) is 22.2. The Balaban J connectivity index is 3.40. The Labute approximate surface area is 209 Å². The number of benzene rings is 1. The van der Waals surface area contributed by atoms with Crippen molar-refractivity contribution in [2.45, 2.75) is 91.8 Å². The van der Waals surface area contributed by atoms with Crippen molar-refractivity contribution in [3.05, 3.63) is 34.9 Å². The number of hydrogen-bond acceptors (Lipinski definition) is 5. The van der Waals surface area contributed by atoms with Crippen LogP contribution in [0.25, 0.3) is 0 Å². The zero-order chi connectivity index (χ0) is 26.8. The van der Waals surface area contributed by atoms with Crippen LogP contribution >= 0.6 is 0 Å². The van der Waals surface area contributed by atoms with Crippen LogP contribution in [-0.2, 0) is 19.1 Å². The van der Waals surface area contributed by atoms with Gasteiger partial charge in [0.25, 0.3) is 0 Å². The number of hydrogen-bond donors (Lipinski definition) is 3. The molecule has 35 heavy (non-hydrogen) atoms. The lowest BCUT2D eigenvalue weighted by Gasteiger charge is -2.34. The van der Waals surface area contributed by atoms with Gasteiger partial charge in [0.15, 0.2) is 0 Å². The molecule has 0 aromatic heterocycles. The van der Waals surface area contributed by atoms with Gasteiger partial charge >= 0.3 is 6.09 Å². The van der Waals surface area contributed by atoms with Gasteiger partial charge in [0.1, 0.15) is 17.7 Å². The van der Waals surface area contributed by atoms with Gasteiger partial charge in [-0.15, -0.1) is 0 Å². The number of likely N-dealkylation sites (N-methyl/N-ethyl adjacent to an activating group) is 1. The second-order valence-electron chi connectivity index (χ2n) is 9.66. The third-order valence-corrected chi connectivity index (χ3v) is 5.62. The topological polar surface area (TPSA) is 131 Å². The smallest absolute Gasteiger partial charge is 0.408 e. The van der Waals surface area contributed by atoms with E-state index >= 15 is 0 Å². The normalized spacial score (nSPS) is 12.9. The quantitative estimate of drug-likeness (QED) is 0.387. The van der Waals surface area contributed by atoms with E-state index in [1.807, 2.05) is 39.0 Å². The van der Waals surface area contributed by atoms with Gasteiger partial charge < -0.3 is 26.0 Å². The van der Waals surface area contributed by atoms with Crippen LogP contribution in [0.3, 0.4) is 0 Å². The molecule has 0 aliphatic carbocycles. The summed E-state index contributed by atoms with van der Waals surface area (Å²) in [6.07, 6.45) is 0.820. The summed E-state index contributed by atoms with van der Waals surface area (Å²) in [6, 6.07) is 3.64. The van der Waals surface area contributed by atoms with E-state index in [4.69, 9.17) is 10.5 Å². The van der Waals surface area contributed by atoms with Crippen molar-refractivity contribution in [1.29, 1.82) is 0 Å². The Kier molecular flexibility index (Phi) is 11.7. The number of nitrogens with zero attached hydrogens (tertiary/aromatic N) is 1. The van der Waals surface area contributed by atoms with Crippen molar-refractivity contribution < 1.29 is 23.9 Å². The summed E-state index contributed by atoms with van der Waals surface area (Å²) in [6.45, 7) is 13.5. The van der Waals surface area contributed by atoms with Gasteiger partial charge in [0.2, 0.25) is 17.7 Å². The molecule has 9 heteroatoms. The fraction of sp³-hybridized carbons (Fsp3) is 0.615. The Morgan fingerprint density at radius 3 is 2.31 bits per heavy atom. The minimum atomic E-state index is -1.09. The molecule has 0 saturated heterocycles. The molecule has 0 radical (unpaired) electrons. The maximum Gasteiger partial charge on any atom is 0.408 e. The molecule has 1 aromatic carbocycles. The average Bonchev–Trinajstić information content (AvgIpc) is 2.75. The summed E-state index contributed by atoms with van der Waals surface area (Å²) in [7, 11) is 0. The summed E-state index contributed by atoms with van der Waals surface area (Å²) < 4.78 is 5.32. The summed E-state index contributed by atoms with van der Waals surface area (Å²) >= 11 is 0. The summed E-state index contributed by atoms with van der Waals surface area (Å²) in [5.74, 6) is -1.38.